The van der Waals surface area contributed by atoms with Crippen molar-refractivity contribution in [2.24, 2.45) is 0 Å². The zero-order valence-electron chi connectivity index (χ0n) is 10.8. The lowest BCUT2D eigenvalue weighted by Crippen LogP contribution is -2.47. The predicted molar refractivity (Wildman–Crippen MR) is 66.2 cm³/mol. The molecule has 2 aliphatic rings. The zero-order chi connectivity index (χ0) is 12.8. The number of aliphatic hydroxyl groups is 1. The Morgan fingerprint density at radius 2 is 2.06 bits per heavy atom. The lowest BCUT2D eigenvalue weighted by Gasteiger charge is -2.32. The molecule has 1 atom stereocenters. The van der Waals surface area contributed by atoms with Gasteiger partial charge in [-0.05, 0) is 19.3 Å². The van der Waals surface area contributed by atoms with Crippen molar-refractivity contribution in [3.63, 3.8) is 0 Å². The Kier molecular flexibility index (Phi) is 4.97. The van der Waals surface area contributed by atoms with Crippen molar-refractivity contribution in [2.45, 2.75) is 50.2 Å². The minimum absolute atomic E-state index is 0.0261. The molecule has 0 aromatic rings. The first-order valence-electron chi connectivity index (χ1n) is 6.86. The molecule has 2 N–H and O–H groups in total. The molecule has 2 rings (SSSR count). The van der Waals surface area contributed by atoms with Gasteiger partial charge in [-0.1, -0.05) is 0 Å². The summed E-state index contributed by atoms with van der Waals surface area (Å²) >= 11 is 0. The summed E-state index contributed by atoms with van der Waals surface area (Å²) in [5.74, 6) is -0.0261. The fourth-order valence-corrected chi connectivity index (χ4v) is 2.44. The summed E-state index contributed by atoms with van der Waals surface area (Å²) in [6, 6.07) is 0. The van der Waals surface area contributed by atoms with E-state index in [0.717, 1.165) is 25.9 Å². The molecule has 0 aromatic carbocycles. The van der Waals surface area contributed by atoms with Crippen molar-refractivity contribution in [1.82, 2.24) is 5.32 Å². The highest BCUT2D eigenvalue weighted by molar-refractivity contribution is 5.76. The maximum Gasteiger partial charge on any atom is 0.222 e. The first-order chi connectivity index (χ1) is 8.68. The Hall–Kier alpha value is -0.650. The maximum absolute atomic E-state index is 11.8. The molecule has 0 radical (unpaired) electrons. The Labute approximate surface area is 108 Å². The summed E-state index contributed by atoms with van der Waals surface area (Å²) in [5.41, 5.74) is -0.790. The summed E-state index contributed by atoms with van der Waals surface area (Å²) in [6.45, 7) is 2.22. The number of amides is 1. The summed E-state index contributed by atoms with van der Waals surface area (Å²) in [6.07, 6.45) is 4.85. The van der Waals surface area contributed by atoms with Gasteiger partial charge in [0.1, 0.15) is 0 Å². The van der Waals surface area contributed by atoms with Gasteiger partial charge in [0.05, 0.1) is 18.1 Å². The number of rotatable bonds is 4. The van der Waals surface area contributed by atoms with Crippen molar-refractivity contribution in [2.75, 3.05) is 26.4 Å². The van der Waals surface area contributed by atoms with Crippen LogP contribution >= 0.6 is 0 Å². The largest absolute Gasteiger partial charge is 0.388 e. The van der Waals surface area contributed by atoms with E-state index in [1.165, 1.54) is 0 Å². The van der Waals surface area contributed by atoms with Crippen LogP contribution in [0.3, 0.4) is 0 Å². The van der Waals surface area contributed by atoms with E-state index in [1.807, 2.05) is 0 Å². The van der Waals surface area contributed by atoms with Gasteiger partial charge in [-0.2, -0.15) is 0 Å². The Morgan fingerprint density at radius 1 is 1.28 bits per heavy atom. The number of carbonyl (C=O) groups is 1. The quantitative estimate of drug-likeness (QED) is 0.774. The second-order valence-corrected chi connectivity index (χ2v) is 5.31. The average Bonchev–Trinajstić information content (AvgIpc) is 2.39. The lowest BCUT2D eigenvalue weighted by atomic mass is 9.94. The number of hydrogen-bond donors (Lipinski definition) is 2. The number of ether oxygens (including phenoxy) is 2. The third kappa shape index (κ3) is 4.23. The minimum Gasteiger partial charge on any atom is -0.388 e. The molecule has 0 aliphatic carbocycles. The molecule has 5 heteroatoms. The molecule has 2 fully saturated rings. The van der Waals surface area contributed by atoms with Gasteiger partial charge in [0.2, 0.25) is 5.91 Å². The Bertz CT molecular complexity index is 270. The van der Waals surface area contributed by atoms with E-state index in [2.05, 4.69) is 5.32 Å². The van der Waals surface area contributed by atoms with E-state index in [4.69, 9.17) is 9.47 Å². The smallest absolute Gasteiger partial charge is 0.222 e. The van der Waals surface area contributed by atoms with Gasteiger partial charge in [0, 0.05) is 39.2 Å². The van der Waals surface area contributed by atoms with E-state index in [0.29, 0.717) is 39.0 Å². The van der Waals surface area contributed by atoms with Gasteiger partial charge in [0.25, 0.3) is 0 Å². The highest BCUT2D eigenvalue weighted by Gasteiger charge is 2.30. The first-order valence-corrected chi connectivity index (χ1v) is 6.86. The van der Waals surface area contributed by atoms with Gasteiger partial charge in [0.15, 0.2) is 0 Å². The minimum atomic E-state index is -0.790. The molecule has 0 spiro atoms. The van der Waals surface area contributed by atoms with Crippen molar-refractivity contribution in [3.05, 3.63) is 0 Å². The standard InChI is InChI=1S/C13H23NO4/c15-12(9-11-3-1-2-6-18-11)14-10-13(16)4-7-17-8-5-13/h11,16H,1-10H2,(H,14,15). The predicted octanol–water partition coefficient (Wildman–Crippen LogP) is 0.603. The average molecular weight is 257 g/mol. The van der Waals surface area contributed by atoms with Crippen LogP contribution in [0.15, 0.2) is 0 Å². The first kappa shape index (κ1) is 13.8. The van der Waals surface area contributed by atoms with E-state index >= 15 is 0 Å². The number of nitrogens with one attached hydrogen (secondary N) is 1. The summed E-state index contributed by atoms with van der Waals surface area (Å²) in [4.78, 5) is 11.8. The van der Waals surface area contributed by atoms with E-state index < -0.39 is 5.60 Å². The van der Waals surface area contributed by atoms with Crippen LogP contribution < -0.4 is 5.32 Å². The molecule has 104 valence electrons. The SMILES string of the molecule is O=C(CC1CCCCO1)NCC1(O)CCOCC1. The van der Waals surface area contributed by atoms with Gasteiger partial charge in [-0.3, -0.25) is 4.79 Å². The molecule has 2 heterocycles. The highest BCUT2D eigenvalue weighted by Crippen LogP contribution is 2.20. The zero-order valence-corrected chi connectivity index (χ0v) is 10.8. The maximum atomic E-state index is 11.8. The van der Waals surface area contributed by atoms with E-state index in [9.17, 15) is 9.90 Å². The third-order valence-electron chi connectivity index (χ3n) is 3.73. The summed E-state index contributed by atoms with van der Waals surface area (Å²) < 4.78 is 10.7. The van der Waals surface area contributed by atoms with Crippen LogP contribution in [0.2, 0.25) is 0 Å². The molecular formula is C13H23NO4. The van der Waals surface area contributed by atoms with Crippen LogP contribution in [0.5, 0.6) is 0 Å². The van der Waals surface area contributed by atoms with Crippen LogP contribution in [-0.4, -0.2) is 49.1 Å². The second kappa shape index (κ2) is 6.50. The summed E-state index contributed by atoms with van der Waals surface area (Å²) in [7, 11) is 0. The van der Waals surface area contributed by atoms with Gasteiger partial charge in [-0.25, -0.2) is 0 Å². The fraction of sp³-hybridized carbons (Fsp3) is 0.923. The molecule has 0 saturated carbocycles. The molecule has 5 nitrogen and oxygen atoms in total. The van der Waals surface area contributed by atoms with E-state index in [1.54, 1.807) is 0 Å². The Morgan fingerprint density at radius 3 is 2.72 bits per heavy atom. The molecule has 0 aromatic heterocycles. The van der Waals surface area contributed by atoms with Crippen LogP contribution in [0, 0.1) is 0 Å². The topological polar surface area (TPSA) is 67.8 Å². The van der Waals surface area contributed by atoms with Gasteiger partial charge < -0.3 is 19.9 Å². The van der Waals surface area contributed by atoms with Crippen molar-refractivity contribution < 1.29 is 19.4 Å². The van der Waals surface area contributed by atoms with Crippen LogP contribution in [0.1, 0.15) is 38.5 Å². The molecule has 1 amide bonds. The molecule has 18 heavy (non-hydrogen) atoms. The molecule has 2 aliphatic heterocycles. The second-order valence-electron chi connectivity index (χ2n) is 5.31. The lowest BCUT2D eigenvalue weighted by molar-refractivity contribution is -0.127. The van der Waals surface area contributed by atoms with Crippen LogP contribution in [-0.2, 0) is 14.3 Å². The van der Waals surface area contributed by atoms with E-state index in [-0.39, 0.29) is 12.0 Å². The van der Waals surface area contributed by atoms with Gasteiger partial charge >= 0.3 is 0 Å². The third-order valence-corrected chi connectivity index (χ3v) is 3.73. The normalized spacial score (nSPS) is 27.7. The molecule has 1 unspecified atom stereocenters. The molecule has 2 saturated heterocycles. The fourth-order valence-electron chi connectivity index (χ4n) is 2.44. The Balaban J connectivity index is 1.67. The summed E-state index contributed by atoms with van der Waals surface area (Å²) in [5, 5.41) is 13.0. The van der Waals surface area contributed by atoms with Crippen molar-refractivity contribution in [3.8, 4) is 0 Å². The molecular weight excluding hydrogens is 234 g/mol. The van der Waals surface area contributed by atoms with Crippen molar-refractivity contribution in [1.29, 1.82) is 0 Å². The number of carbonyl (C=O) groups excluding carboxylic acids is 1. The number of hydrogen-bond acceptors (Lipinski definition) is 4. The van der Waals surface area contributed by atoms with Crippen LogP contribution in [0.4, 0.5) is 0 Å². The van der Waals surface area contributed by atoms with Crippen LogP contribution in [0.25, 0.3) is 0 Å². The molecule has 0 bridgehead atoms. The highest BCUT2D eigenvalue weighted by atomic mass is 16.5. The monoisotopic (exact) mass is 257 g/mol. The van der Waals surface area contributed by atoms with Crippen molar-refractivity contribution >= 4 is 5.91 Å². The van der Waals surface area contributed by atoms with Gasteiger partial charge in [-0.15, -0.1) is 0 Å².